The Morgan fingerprint density at radius 1 is 1.20 bits per heavy atom. The minimum absolute atomic E-state index is 0.139. The molecule has 0 aliphatic carbocycles. The lowest BCUT2D eigenvalue weighted by Crippen LogP contribution is -2.62. The van der Waals surface area contributed by atoms with Gasteiger partial charge < -0.3 is 19.3 Å². The van der Waals surface area contributed by atoms with Crippen molar-refractivity contribution in [2.45, 2.75) is 44.6 Å². The van der Waals surface area contributed by atoms with Crippen LogP contribution in [0.4, 0.5) is 4.79 Å². The van der Waals surface area contributed by atoms with Gasteiger partial charge in [0.25, 0.3) is 0 Å². The average molecular weight is 355 g/mol. The van der Waals surface area contributed by atoms with Gasteiger partial charge in [0.15, 0.2) is 0 Å². The zero-order valence-corrected chi connectivity index (χ0v) is 16.0. The Balaban J connectivity index is 1.99. The summed E-state index contributed by atoms with van der Waals surface area (Å²) in [5.41, 5.74) is -0.139. The van der Waals surface area contributed by atoms with Gasteiger partial charge in [-0.3, -0.25) is 9.69 Å². The first kappa shape index (κ1) is 20.0. The highest BCUT2D eigenvalue weighted by Crippen LogP contribution is 2.32. The molecule has 7 heteroatoms. The number of rotatable bonds is 6. The third-order valence-corrected chi connectivity index (χ3v) is 5.55. The minimum Gasteiger partial charge on any atom is -0.449 e. The number of likely N-dealkylation sites (N-methyl/N-ethyl adjacent to an activating group) is 1. The van der Waals surface area contributed by atoms with E-state index in [2.05, 4.69) is 18.9 Å². The van der Waals surface area contributed by atoms with Crippen molar-refractivity contribution in [2.24, 2.45) is 0 Å². The first-order chi connectivity index (χ1) is 12.0. The standard InChI is InChI=1S/C18H33N3O4/c1-4-5-13-25-17(23)21-11-10-19(2)18(15-21)7-6-16(22)20(9-8-18)12-14-24-3/h4-15H2,1-3H3/t18-/m0/s1. The number of hydrogen-bond acceptors (Lipinski definition) is 5. The Morgan fingerprint density at radius 3 is 2.72 bits per heavy atom. The number of amides is 2. The van der Waals surface area contributed by atoms with Crippen LogP contribution in [0.2, 0.25) is 0 Å². The molecule has 1 spiro atoms. The monoisotopic (exact) mass is 355 g/mol. The highest BCUT2D eigenvalue weighted by atomic mass is 16.6. The Kier molecular flexibility index (Phi) is 7.50. The summed E-state index contributed by atoms with van der Waals surface area (Å²) >= 11 is 0. The van der Waals surface area contributed by atoms with Gasteiger partial charge in [0.1, 0.15) is 0 Å². The predicted octanol–water partition coefficient (Wildman–Crippen LogP) is 1.57. The van der Waals surface area contributed by atoms with E-state index in [1.807, 2.05) is 9.80 Å². The summed E-state index contributed by atoms with van der Waals surface area (Å²) in [5.74, 6) is 0.185. The van der Waals surface area contributed by atoms with E-state index in [1.165, 1.54) is 0 Å². The van der Waals surface area contributed by atoms with Crippen molar-refractivity contribution in [2.75, 3.05) is 60.1 Å². The van der Waals surface area contributed by atoms with Crippen molar-refractivity contribution in [1.82, 2.24) is 14.7 Å². The molecule has 0 aromatic carbocycles. The van der Waals surface area contributed by atoms with Crippen molar-refractivity contribution < 1.29 is 19.1 Å². The first-order valence-corrected chi connectivity index (χ1v) is 9.42. The Bertz CT molecular complexity index is 460. The Labute approximate surface area is 151 Å². The molecule has 7 nitrogen and oxygen atoms in total. The smallest absolute Gasteiger partial charge is 0.409 e. The number of ether oxygens (including phenoxy) is 2. The zero-order valence-electron chi connectivity index (χ0n) is 16.0. The van der Waals surface area contributed by atoms with Crippen LogP contribution in [0.5, 0.6) is 0 Å². The van der Waals surface area contributed by atoms with Crippen LogP contribution in [0.25, 0.3) is 0 Å². The second-order valence-electron chi connectivity index (χ2n) is 7.16. The predicted molar refractivity (Wildman–Crippen MR) is 95.5 cm³/mol. The lowest BCUT2D eigenvalue weighted by atomic mass is 9.86. The van der Waals surface area contributed by atoms with Crippen LogP contribution in [0.15, 0.2) is 0 Å². The van der Waals surface area contributed by atoms with Crippen molar-refractivity contribution >= 4 is 12.0 Å². The van der Waals surface area contributed by atoms with Crippen LogP contribution in [0.3, 0.4) is 0 Å². The molecule has 2 heterocycles. The molecule has 0 N–H and O–H groups in total. The van der Waals surface area contributed by atoms with Crippen LogP contribution < -0.4 is 0 Å². The van der Waals surface area contributed by atoms with E-state index in [1.54, 1.807) is 7.11 Å². The fourth-order valence-electron chi connectivity index (χ4n) is 3.68. The molecule has 25 heavy (non-hydrogen) atoms. The minimum atomic E-state index is -0.215. The molecule has 2 amide bonds. The van der Waals surface area contributed by atoms with E-state index >= 15 is 0 Å². The van der Waals surface area contributed by atoms with Crippen LogP contribution in [0, 0.1) is 0 Å². The largest absolute Gasteiger partial charge is 0.449 e. The van der Waals surface area contributed by atoms with E-state index in [9.17, 15) is 9.59 Å². The zero-order chi connectivity index (χ0) is 18.3. The third kappa shape index (κ3) is 5.07. The number of piperazine rings is 1. The van der Waals surface area contributed by atoms with E-state index in [0.717, 1.165) is 32.2 Å². The Morgan fingerprint density at radius 2 is 2.00 bits per heavy atom. The summed E-state index contributed by atoms with van der Waals surface area (Å²) in [6.07, 6.45) is 3.87. The highest BCUT2D eigenvalue weighted by Gasteiger charge is 2.43. The fourth-order valence-corrected chi connectivity index (χ4v) is 3.68. The second-order valence-corrected chi connectivity index (χ2v) is 7.16. The normalized spacial score (nSPS) is 25.3. The van der Waals surface area contributed by atoms with Crippen LogP contribution in [0.1, 0.15) is 39.0 Å². The van der Waals surface area contributed by atoms with E-state index in [4.69, 9.17) is 9.47 Å². The van der Waals surface area contributed by atoms with Gasteiger partial charge in [-0.15, -0.1) is 0 Å². The van der Waals surface area contributed by atoms with Crippen molar-refractivity contribution in [1.29, 1.82) is 0 Å². The third-order valence-electron chi connectivity index (χ3n) is 5.55. The molecule has 0 bridgehead atoms. The SMILES string of the molecule is CCCCOC(=O)N1CCN(C)[C@]2(CCC(=O)N(CCOC)CC2)C1. The van der Waals surface area contributed by atoms with Gasteiger partial charge in [-0.25, -0.2) is 4.79 Å². The maximum absolute atomic E-state index is 12.4. The summed E-state index contributed by atoms with van der Waals surface area (Å²) in [5, 5.41) is 0. The number of methoxy groups -OCH3 is 1. The quantitative estimate of drug-likeness (QED) is 0.677. The molecule has 0 unspecified atom stereocenters. The van der Waals surface area contributed by atoms with Crippen molar-refractivity contribution in [3.8, 4) is 0 Å². The topological polar surface area (TPSA) is 62.3 Å². The fraction of sp³-hybridized carbons (Fsp3) is 0.889. The van der Waals surface area contributed by atoms with Gasteiger partial charge in [-0.2, -0.15) is 0 Å². The van der Waals surface area contributed by atoms with E-state index in [-0.39, 0.29) is 17.5 Å². The number of likely N-dealkylation sites (tertiary alicyclic amines) is 1. The number of unbranched alkanes of at least 4 members (excludes halogenated alkanes) is 1. The highest BCUT2D eigenvalue weighted by molar-refractivity contribution is 5.76. The van der Waals surface area contributed by atoms with Crippen LogP contribution in [-0.2, 0) is 14.3 Å². The molecule has 0 radical (unpaired) electrons. The first-order valence-electron chi connectivity index (χ1n) is 9.42. The molecule has 2 rings (SSSR count). The average Bonchev–Trinajstić information content (AvgIpc) is 2.76. The molecule has 2 fully saturated rings. The maximum Gasteiger partial charge on any atom is 0.409 e. The molecule has 2 aliphatic rings. The molecule has 1 atom stereocenters. The van der Waals surface area contributed by atoms with Gasteiger partial charge in [0, 0.05) is 51.8 Å². The van der Waals surface area contributed by atoms with Gasteiger partial charge in [0.05, 0.1) is 13.2 Å². The number of carbonyl (C=O) groups excluding carboxylic acids is 2. The van der Waals surface area contributed by atoms with Crippen LogP contribution in [-0.4, -0.2) is 92.3 Å². The Hall–Kier alpha value is -1.34. The summed E-state index contributed by atoms with van der Waals surface area (Å²) in [6.45, 7) is 6.61. The molecule has 0 saturated carbocycles. The molecular formula is C18H33N3O4. The summed E-state index contributed by atoms with van der Waals surface area (Å²) < 4.78 is 10.5. The summed E-state index contributed by atoms with van der Waals surface area (Å²) in [6, 6.07) is 0. The molecular weight excluding hydrogens is 322 g/mol. The maximum atomic E-state index is 12.4. The van der Waals surface area contributed by atoms with E-state index < -0.39 is 0 Å². The van der Waals surface area contributed by atoms with Gasteiger partial charge in [-0.05, 0) is 26.3 Å². The van der Waals surface area contributed by atoms with Crippen LogP contribution >= 0.6 is 0 Å². The molecule has 2 saturated heterocycles. The second kappa shape index (κ2) is 9.38. The van der Waals surface area contributed by atoms with E-state index in [0.29, 0.717) is 45.8 Å². The summed E-state index contributed by atoms with van der Waals surface area (Å²) in [7, 11) is 3.76. The molecule has 2 aliphatic heterocycles. The molecule has 144 valence electrons. The van der Waals surface area contributed by atoms with Gasteiger partial charge >= 0.3 is 6.09 Å². The van der Waals surface area contributed by atoms with Gasteiger partial charge in [-0.1, -0.05) is 13.3 Å². The lowest BCUT2D eigenvalue weighted by molar-refractivity contribution is -0.131. The lowest BCUT2D eigenvalue weighted by Gasteiger charge is -2.48. The van der Waals surface area contributed by atoms with Crippen molar-refractivity contribution in [3.63, 3.8) is 0 Å². The molecule has 0 aromatic rings. The summed E-state index contributed by atoms with van der Waals surface area (Å²) in [4.78, 5) is 30.8. The number of hydrogen-bond donors (Lipinski definition) is 0. The van der Waals surface area contributed by atoms with Crippen molar-refractivity contribution in [3.05, 3.63) is 0 Å². The number of carbonyl (C=O) groups is 2. The molecule has 0 aromatic heterocycles. The van der Waals surface area contributed by atoms with Gasteiger partial charge in [0.2, 0.25) is 5.91 Å². The number of nitrogens with zero attached hydrogens (tertiary/aromatic N) is 3.